The molecule has 0 aliphatic carbocycles. The maximum Gasteiger partial charge on any atom is 0.295 e. The van der Waals surface area contributed by atoms with Crippen LogP contribution in [0.4, 0.5) is 0 Å². The van der Waals surface area contributed by atoms with Gasteiger partial charge in [0, 0.05) is 37.9 Å². The number of carbonyl (C=O) groups is 4. The number of nitrogens with two attached hydrogens (primary N) is 1. The van der Waals surface area contributed by atoms with Gasteiger partial charge < -0.3 is 25.3 Å². The Morgan fingerprint density at radius 1 is 1.00 bits per heavy atom. The predicted octanol–water partition coefficient (Wildman–Crippen LogP) is 1.96. The first-order valence-corrected chi connectivity index (χ1v) is 12.2. The molecule has 3 aromatic heterocycles. The minimum Gasteiger partial charge on any atom is -0.494 e. The van der Waals surface area contributed by atoms with Crippen molar-refractivity contribution in [3.05, 3.63) is 64.9 Å². The SMILES string of the molecule is COc1cnc(-c2ncc(C(N)=O)s2)c2[nH]cc(C(=O)C(=O)N3CCN(C(=O)c4ccccc4)CC3)c12. The molecular formula is C25H22N6O5S. The van der Waals surface area contributed by atoms with Crippen molar-refractivity contribution in [3.8, 4) is 16.5 Å². The van der Waals surface area contributed by atoms with Crippen LogP contribution in [-0.2, 0) is 4.79 Å². The van der Waals surface area contributed by atoms with E-state index in [1.807, 2.05) is 6.07 Å². The van der Waals surface area contributed by atoms with Crippen LogP contribution in [-0.4, -0.2) is 81.5 Å². The summed E-state index contributed by atoms with van der Waals surface area (Å²) >= 11 is 1.07. The van der Waals surface area contributed by atoms with Crippen molar-refractivity contribution in [3.63, 3.8) is 0 Å². The van der Waals surface area contributed by atoms with Crippen LogP contribution in [0.15, 0.2) is 48.9 Å². The van der Waals surface area contributed by atoms with Crippen LogP contribution in [0.5, 0.6) is 5.75 Å². The number of pyridine rings is 1. The van der Waals surface area contributed by atoms with Crippen molar-refractivity contribution in [2.24, 2.45) is 5.73 Å². The third kappa shape index (κ3) is 4.42. The summed E-state index contributed by atoms with van der Waals surface area (Å²) < 4.78 is 5.42. The van der Waals surface area contributed by atoms with E-state index in [4.69, 9.17) is 10.5 Å². The molecule has 0 saturated carbocycles. The molecule has 12 heteroatoms. The Morgan fingerprint density at radius 2 is 1.70 bits per heavy atom. The van der Waals surface area contributed by atoms with E-state index in [0.717, 1.165) is 11.3 Å². The number of benzene rings is 1. The molecule has 1 saturated heterocycles. The van der Waals surface area contributed by atoms with Gasteiger partial charge in [-0.1, -0.05) is 18.2 Å². The van der Waals surface area contributed by atoms with Crippen LogP contribution >= 0.6 is 11.3 Å². The molecule has 0 spiro atoms. The van der Waals surface area contributed by atoms with E-state index >= 15 is 0 Å². The predicted molar refractivity (Wildman–Crippen MR) is 136 cm³/mol. The number of ether oxygens (including phenoxy) is 1. The van der Waals surface area contributed by atoms with Gasteiger partial charge in [0.15, 0.2) is 0 Å². The molecule has 4 aromatic rings. The van der Waals surface area contributed by atoms with E-state index in [-0.39, 0.29) is 29.4 Å². The Balaban J connectivity index is 1.38. The zero-order valence-corrected chi connectivity index (χ0v) is 20.6. The average molecular weight is 519 g/mol. The van der Waals surface area contributed by atoms with Crippen LogP contribution in [0.25, 0.3) is 21.6 Å². The summed E-state index contributed by atoms with van der Waals surface area (Å²) in [7, 11) is 1.44. The summed E-state index contributed by atoms with van der Waals surface area (Å²) in [5.74, 6) is -1.78. The molecule has 4 heterocycles. The number of fused-ring (bicyclic) bond motifs is 1. The van der Waals surface area contributed by atoms with Gasteiger partial charge in [-0.25, -0.2) is 9.97 Å². The standard InChI is InChI=1S/C25H22N6O5S/c1-36-16-12-28-20(23-29-13-17(37-23)22(26)33)19-18(16)15(11-27-19)21(32)25(35)31-9-7-30(8-10-31)24(34)14-5-3-2-4-6-14/h2-6,11-13,27H,7-10H2,1H3,(H2,26,33). The highest BCUT2D eigenvalue weighted by atomic mass is 32.1. The van der Waals surface area contributed by atoms with Crippen molar-refractivity contribution in [1.82, 2.24) is 24.8 Å². The summed E-state index contributed by atoms with van der Waals surface area (Å²) in [4.78, 5) is 65.7. The smallest absolute Gasteiger partial charge is 0.295 e. The maximum absolute atomic E-state index is 13.3. The summed E-state index contributed by atoms with van der Waals surface area (Å²) in [5, 5.41) is 0.812. The molecule has 1 fully saturated rings. The quantitative estimate of drug-likeness (QED) is 0.292. The lowest BCUT2D eigenvalue weighted by molar-refractivity contribution is -0.127. The number of aromatic amines is 1. The van der Waals surface area contributed by atoms with E-state index in [1.54, 1.807) is 29.2 Å². The lowest BCUT2D eigenvalue weighted by atomic mass is 10.1. The molecule has 1 aliphatic heterocycles. The monoisotopic (exact) mass is 518 g/mol. The molecule has 1 aliphatic rings. The van der Waals surface area contributed by atoms with E-state index in [1.165, 1.54) is 30.6 Å². The number of hydrogen-bond donors (Lipinski definition) is 2. The number of aromatic nitrogens is 3. The highest BCUT2D eigenvalue weighted by molar-refractivity contribution is 7.17. The van der Waals surface area contributed by atoms with E-state index in [9.17, 15) is 19.2 Å². The molecule has 1 aromatic carbocycles. The summed E-state index contributed by atoms with van der Waals surface area (Å²) in [6.07, 6.45) is 4.24. The largest absolute Gasteiger partial charge is 0.494 e. The molecule has 11 nitrogen and oxygen atoms in total. The minimum atomic E-state index is -0.707. The van der Waals surface area contributed by atoms with Crippen molar-refractivity contribution >= 4 is 45.7 Å². The Morgan fingerprint density at radius 3 is 2.35 bits per heavy atom. The van der Waals surface area contributed by atoms with Crippen molar-refractivity contribution in [1.29, 1.82) is 0 Å². The van der Waals surface area contributed by atoms with Gasteiger partial charge in [-0.2, -0.15) is 0 Å². The van der Waals surface area contributed by atoms with Crippen LogP contribution in [0.3, 0.4) is 0 Å². The zero-order chi connectivity index (χ0) is 26.1. The number of Topliss-reactive ketones (excluding diaryl/α,β-unsaturated/α-hetero) is 1. The Kier molecular flexibility index (Phi) is 6.40. The first-order chi connectivity index (χ1) is 17.9. The summed E-state index contributed by atoms with van der Waals surface area (Å²) in [5.41, 5.74) is 6.90. The van der Waals surface area contributed by atoms with Crippen LogP contribution in [0.1, 0.15) is 30.4 Å². The van der Waals surface area contributed by atoms with Gasteiger partial charge in [0.1, 0.15) is 21.3 Å². The van der Waals surface area contributed by atoms with Gasteiger partial charge in [-0.05, 0) is 12.1 Å². The number of piperazine rings is 1. The number of hydrogen-bond acceptors (Lipinski definition) is 8. The number of H-pyrrole nitrogens is 1. The van der Waals surface area contributed by atoms with Gasteiger partial charge in [0.25, 0.3) is 23.5 Å². The normalized spacial score (nSPS) is 13.5. The number of primary amides is 1. The first kappa shape index (κ1) is 24.1. The molecule has 37 heavy (non-hydrogen) atoms. The summed E-state index contributed by atoms with van der Waals surface area (Å²) in [6, 6.07) is 8.93. The fraction of sp³-hybridized carbons (Fsp3) is 0.200. The Labute approximate surface area is 214 Å². The molecular weight excluding hydrogens is 496 g/mol. The van der Waals surface area contributed by atoms with Crippen molar-refractivity contribution in [2.75, 3.05) is 33.3 Å². The highest BCUT2D eigenvalue weighted by Crippen LogP contribution is 2.36. The Bertz CT molecular complexity index is 1520. The lowest BCUT2D eigenvalue weighted by Crippen LogP contribution is -2.52. The molecule has 5 rings (SSSR count). The number of nitrogens with one attached hydrogen (secondary N) is 1. The van der Waals surface area contributed by atoms with E-state index in [2.05, 4.69) is 15.0 Å². The van der Waals surface area contributed by atoms with Crippen molar-refractivity contribution in [2.45, 2.75) is 0 Å². The molecule has 3 N–H and O–H groups in total. The van der Waals surface area contributed by atoms with Crippen LogP contribution < -0.4 is 10.5 Å². The second kappa shape index (κ2) is 9.82. The number of amides is 3. The Hall–Kier alpha value is -4.58. The molecule has 3 amide bonds. The fourth-order valence-electron chi connectivity index (χ4n) is 4.25. The molecule has 0 radical (unpaired) electrons. The second-order valence-corrected chi connectivity index (χ2v) is 9.33. The number of nitrogens with zero attached hydrogens (tertiary/aromatic N) is 4. The van der Waals surface area contributed by atoms with Gasteiger partial charge in [-0.15, -0.1) is 11.3 Å². The number of thiazole rings is 1. The molecule has 188 valence electrons. The lowest BCUT2D eigenvalue weighted by Gasteiger charge is -2.34. The molecule has 0 unspecified atom stereocenters. The minimum absolute atomic E-state index is 0.109. The van der Waals surface area contributed by atoms with Gasteiger partial charge in [0.2, 0.25) is 0 Å². The summed E-state index contributed by atoms with van der Waals surface area (Å²) in [6.45, 7) is 1.13. The van der Waals surface area contributed by atoms with E-state index < -0.39 is 17.6 Å². The zero-order valence-electron chi connectivity index (χ0n) is 19.8. The number of methoxy groups -OCH3 is 1. The topological polar surface area (TPSA) is 152 Å². The fourth-order valence-corrected chi connectivity index (χ4v) is 5.02. The second-order valence-electron chi connectivity index (χ2n) is 8.30. The molecule has 0 bridgehead atoms. The van der Waals surface area contributed by atoms with Gasteiger partial charge >= 0.3 is 0 Å². The number of carbonyl (C=O) groups excluding carboxylic acids is 4. The van der Waals surface area contributed by atoms with E-state index in [0.29, 0.717) is 46.0 Å². The van der Waals surface area contributed by atoms with Gasteiger partial charge in [-0.3, -0.25) is 19.2 Å². The number of ketones is 1. The average Bonchev–Trinajstić information content (AvgIpc) is 3.60. The molecule has 0 atom stereocenters. The third-order valence-corrected chi connectivity index (χ3v) is 7.18. The van der Waals surface area contributed by atoms with Crippen LogP contribution in [0.2, 0.25) is 0 Å². The maximum atomic E-state index is 13.3. The van der Waals surface area contributed by atoms with Gasteiger partial charge in [0.05, 0.1) is 36.0 Å². The third-order valence-electron chi connectivity index (χ3n) is 6.16. The van der Waals surface area contributed by atoms with Crippen LogP contribution in [0, 0.1) is 0 Å². The van der Waals surface area contributed by atoms with Crippen molar-refractivity contribution < 1.29 is 23.9 Å². The number of rotatable bonds is 6. The first-order valence-electron chi connectivity index (χ1n) is 11.4. The highest BCUT2D eigenvalue weighted by Gasteiger charge is 2.31.